The molecule has 0 saturated carbocycles. The Hall–Kier alpha value is -3.77. The molecule has 0 bridgehead atoms. The van der Waals surface area contributed by atoms with E-state index in [1.54, 1.807) is 62.4 Å². The van der Waals surface area contributed by atoms with Crippen LogP contribution in [-0.2, 0) is 16.1 Å². The largest absolute Gasteiger partial charge is 0.493 e. The van der Waals surface area contributed by atoms with Gasteiger partial charge in [-0.05, 0) is 83.4 Å². The Balaban J connectivity index is 1.59. The molecule has 46 heavy (non-hydrogen) atoms. The number of rotatable bonds is 10. The number of carbonyl (C=O) groups excluding carboxylic acids is 1. The van der Waals surface area contributed by atoms with Gasteiger partial charge < -0.3 is 23.7 Å². The van der Waals surface area contributed by atoms with Gasteiger partial charge in [0.25, 0.3) is 5.56 Å². The molecule has 5 rings (SSSR count). The molecule has 0 aliphatic carbocycles. The zero-order valence-electron chi connectivity index (χ0n) is 25.5. The zero-order valence-corrected chi connectivity index (χ0v) is 29.4. The van der Waals surface area contributed by atoms with Crippen LogP contribution in [0.1, 0.15) is 36.6 Å². The first-order valence-corrected chi connectivity index (χ1v) is 16.3. The summed E-state index contributed by atoms with van der Waals surface area (Å²) in [6.07, 6.45) is 1.74. The molecule has 4 aromatic rings. The van der Waals surface area contributed by atoms with Gasteiger partial charge in [0.15, 0.2) is 27.8 Å². The van der Waals surface area contributed by atoms with Crippen molar-refractivity contribution in [3.63, 3.8) is 0 Å². The molecule has 1 aromatic heterocycles. The summed E-state index contributed by atoms with van der Waals surface area (Å²) in [7, 11) is 4.59. The van der Waals surface area contributed by atoms with Crippen LogP contribution in [0.4, 0.5) is 0 Å². The highest BCUT2D eigenvalue weighted by atomic mass is 79.9. The summed E-state index contributed by atoms with van der Waals surface area (Å²) in [6.45, 7) is 3.81. The van der Waals surface area contributed by atoms with Gasteiger partial charge >= 0.3 is 5.97 Å². The van der Waals surface area contributed by atoms with E-state index in [2.05, 4.69) is 20.9 Å². The van der Waals surface area contributed by atoms with E-state index < -0.39 is 12.0 Å². The number of nitrogens with zero attached hydrogens (tertiary/aromatic N) is 2. The van der Waals surface area contributed by atoms with Crippen molar-refractivity contribution in [1.29, 1.82) is 0 Å². The number of aromatic nitrogens is 1. The fraction of sp³-hybridized carbons (Fsp3) is 0.242. The maximum absolute atomic E-state index is 14.1. The van der Waals surface area contributed by atoms with Crippen molar-refractivity contribution < 1.29 is 28.5 Å². The number of allylic oxidation sites excluding steroid dienone is 1. The molecule has 0 fully saturated rings. The van der Waals surface area contributed by atoms with E-state index in [4.69, 9.17) is 46.9 Å². The van der Waals surface area contributed by atoms with Gasteiger partial charge in [-0.15, -0.1) is 0 Å². The number of hydrogen-bond acceptors (Lipinski definition) is 9. The Morgan fingerprint density at radius 2 is 1.76 bits per heavy atom. The smallest absolute Gasteiger partial charge is 0.338 e. The molecule has 0 spiro atoms. The number of benzene rings is 3. The molecule has 0 saturated heterocycles. The molecular weight excluding hydrogens is 719 g/mol. The number of carbonyl (C=O) groups is 1. The van der Waals surface area contributed by atoms with Crippen LogP contribution < -0.4 is 33.8 Å². The first kappa shape index (κ1) is 33.6. The van der Waals surface area contributed by atoms with Crippen LogP contribution in [0, 0.1) is 0 Å². The van der Waals surface area contributed by atoms with Crippen molar-refractivity contribution in [2.24, 2.45) is 4.99 Å². The Morgan fingerprint density at radius 1 is 1.02 bits per heavy atom. The van der Waals surface area contributed by atoms with E-state index in [-0.39, 0.29) is 24.3 Å². The van der Waals surface area contributed by atoms with Crippen LogP contribution in [-0.4, -0.2) is 38.5 Å². The fourth-order valence-electron chi connectivity index (χ4n) is 5.03. The minimum atomic E-state index is -0.811. The Bertz CT molecular complexity index is 2040. The minimum Gasteiger partial charge on any atom is -0.493 e. The van der Waals surface area contributed by atoms with Gasteiger partial charge in [0.2, 0.25) is 0 Å². The second kappa shape index (κ2) is 14.3. The van der Waals surface area contributed by atoms with E-state index in [9.17, 15) is 9.59 Å². The van der Waals surface area contributed by atoms with Crippen molar-refractivity contribution >= 4 is 62.5 Å². The molecule has 0 amide bonds. The lowest BCUT2D eigenvalue weighted by atomic mass is 9.95. The number of hydrogen-bond donors (Lipinski definition) is 0. The second-order valence-electron chi connectivity index (χ2n) is 9.98. The standard InChI is InChI=1S/C33H29BrCl2N2O7S/c1-6-44-32(40)28-17(2)37-33-38(29(28)19-8-10-24(41-3)25(14-19)42-4)31(39)27(46-33)13-18-11-22(34)30(26(12-18)43-5)45-16-20-7-9-21(35)15-23(20)36/h7-15,29H,6,16H2,1-5H3/t29-/m1/s1. The average molecular weight is 748 g/mol. The maximum atomic E-state index is 14.1. The van der Waals surface area contributed by atoms with Crippen LogP contribution in [0.15, 0.2) is 74.1 Å². The van der Waals surface area contributed by atoms with Gasteiger partial charge in [0, 0.05) is 15.6 Å². The molecular formula is C33H29BrCl2N2O7S. The first-order chi connectivity index (χ1) is 22.1. The van der Waals surface area contributed by atoms with Crippen LogP contribution >= 0.6 is 50.5 Å². The van der Waals surface area contributed by atoms with Crippen molar-refractivity contribution in [3.05, 3.63) is 111 Å². The molecule has 1 atom stereocenters. The number of fused-ring (bicyclic) bond motifs is 1. The van der Waals surface area contributed by atoms with Crippen molar-refractivity contribution in [2.45, 2.75) is 26.5 Å². The van der Waals surface area contributed by atoms with E-state index in [0.717, 1.165) is 5.56 Å². The van der Waals surface area contributed by atoms with Gasteiger partial charge in [-0.25, -0.2) is 9.79 Å². The summed E-state index contributed by atoms with van der Waals surface area (Å²) in [5, 5.41) is 1.02. The lowest BCUT2D eigenvalue weighted by Crippen LogP contribution is -2.40. The van der Waals surface area contributed by atoms with Gasteiger partial charge in [0.1, 0.15) is 6.61 Å². The topological polar surface area (TPSA) is 97.6 Å². The lowest BCUT2D eigenvalue weighted by molar-refractivity contribution is -0.139. The van der Waals surface area contributed by atoms with E-state index in [1.807, 2.05) is 6.07 Å². The summed E-state index contributed by atoms with van der Waals surface area (Å²) in [6, 6.07) is 13.2. The van der Waals surface area contributed by atoms with E-state index in [1.165, 1.54) is 37.2 Å². The quantitative estimate of drug-likeness (QED) is 0.172. The molecule has 0 N–H and O–H groups in total. The highest BCUT2D eigenvalue weighted by molar-refractivity contribution is 9.10. The van der Waals surface area contributed by atoms with Gasteiger partial charge in [-0.3, -0.25) is 9.36 Å². The molecule has 0 radical (unpaired) electrons. The Morgan fingerprint density at radius 3 is 2.43 bits per heavy atom. The minimum absolute atomic E-state index is 0.168. The molecule has 0 unspecified atom stereocenters. The summed E-state index contributed by atoms with van der Waals surface area (Å²) < 4.78 is 30.6. The Labute approximate surface area is 287 Å². The molecule has 240 valence electrons. The molecule has 13 heteroatoms. The molecule has 1 aliphatic heterocycles. The van der Waals surface area contributed by atoms with Crippen LogP contribution in [0.25, 0.3) is 6.08 Å². The maximum Gasteiger partial charge on any atom is 0.338 e. The van der Waals surface area contributed by atoms with Crippen LogP contribution in [0.3, 0.4) is 0 Å². The van der Waals surface area contributed by atoms with Gasteiger partial charge in [-0.1, -0.05) is 46.7 Å². The highest BCUT2D eigenvalue weighted by Gasteiger charge is 2.34. The van der Waals surface area contributed by atoms with Gasteiger partial charge in [0.05, 0.1) is 54.3 Å². The van der Waals surface area contributed by atoms with Crippen molar-refractivity contribution in [2.75, 3.05) is 27.9 Å². The van der Waals surface area contributed by atoms with E-state index in [0.29, 0.717) is 63.7 Å². The second-order valence-corrected chi connectivity index (χ2v) is 12.7. The van der Waals surface area contributed by atoms with Gasteiger partial charge in [-0.2, -0.15) is 0 Å². The summed E-state index contributed by atoms with van der Waals surface area (Å²) in [4.78, 5) is 32.4. The number of methoxy groups -OCH3 is 3. The number of esters is 1. The van der Waals surface area contributed by atoms with E-state index >= 15 is 0 Å². The predicted octanol–water partition coefficient (Wildman–Crippen LogP) is 6.47. The summed E-state index contributed by atoms with van der Waals surface area (Å²) in [5.74, 6) is 1.33. The SMILES string of the molecule is CCOC(=O)C1=C(C)N=c2sc(=Cc3cc(Br)c(OCc4ccc(Cl)cc4Cl)c(OC)c3)c(=O)n2[C@@H]1c1ccc(OC)c(OC)c1. The third-order valence-corrected chi connectivity index (χ3v) is 9.34. The van der Waals surface area contributed by atoms with Crippen molar-refractivity contribution in [3.8, 4) is 23.0 Å². The third-order valence-electron chi connectivity index (χ3n) is 7.18. The molecule has 3 aromatic carbocycles. The fourth-order valence-corrected chi connectivity index (χ4v) is 7.12. The molecule has 9 nitrogen and oxygen atoms in total. The predicted molar refractivity (Wildman–Crippen MR) is 181 cm³/mol. The average Bonchev–Trinajstić information content (AvgIpc) is 3.33. The monoisotopic (exact) mass is 746 g/mol. The normalized spacial score (nSPS) is 14.4. The number of ether oxygens (including phenoxy) is 5. The number of thiazole rings is 1. The van der Waals surface area contributed by atoms with Crippen LogP contribution in [0.5, 0.6) is 23.0 Å². The zero-order chi connectivity index (χ0) is 33.1. The Kier molecular flexibility index (Phi) is 10.5. The molecule has 1 aliphatic rings. The van der Waals surface area contributed by atoms with Crippen molar-refractivity contribution in [1.82, 2.24) is 4.57 Å². The lowest BCUT2D eigenvalue weighted by Gasteiger charge is -2.25. The highest BCUT2D eigenvalue weighted by Crippen LogP contribution is 2.39. The summed E-state index contributed by atoms with van der Waals surface area (Å²) in [5.41, 5.74) is 2.46. The summed E-state index contributed by atoms with van der Waals surface area (Å²) >= 11 is 17.1. The third kappa shape index (κ3) is 6.69. The van der Waals surface area contributed by atoms with Crippen LogP contribution in [0.2, 0.25) is 10.0 Å². The number of halogens is 3. The first-order valence-electron chi connectivity index (χ1n) is 14.0. The molecule has 2 heterocycles.